The van der Waals surface area contributed by atoms with E-state index in [0.29, 0.717) is 17.2 Å². The van der Waals surface area contributed by atoms with Crippen LogP contribution in [0.2, 0.25) is 5.02 Å². The number of hydrogen-bond donors (Lipinski definition) is 0. The van der Waals surface area contributed by atoms with Gasteiger partial charge >= 0.3 is 0 Å². The van der Waals surface area contributed by atoms with Crippen molar-refractivity contribution in [1.82, 2.24) is 4.90 Å². The molecule has 0 saturated carbocycles. The van der Waals surface area contributed by atoms with E-state index in [4.69, 9.17) is 16.3 Å². The number of nitrogens with zero attached hydrogens (tertiary/aromatic N) is 1. The van der Waals surface area contributed by atoms with Gasteiger partial charge in [-0.1, -0.05) is 17.7 Å². The molecule has 0 saturated heterocycles. The van der Waals surface area contributed by atoms with Gasteiger partial charge in [0.15, 0.2) is 0 Å². The molecule has 0 amide bonds. The lowest BCUT2D eigenvalue weighted by Gasteiger charge is -2.24. The first-order valence-corrected chi connectivity index (χ1v) is 5.82. The molecule has 0 heterocycles. The average Bonchev–Trinajstić information content (AvgIpc) is 2.25. The van der Waals surface area contributed by atoms with Crippen LogP contribution < -0.4 is 4.74 Å². The SMILES string of the molecule is COc1ccc(C(CC(C)=O)N(C)C)cc1Cl. The molecule has 1 aromatic carbocycles. The summed E-state index contributed by atoms with van der Waals surface area (Å²) in [5.41, 5.74) is 1.02. The molecule has 17 heavy (non-hydrogen) atoms. The van der Waals surface area contributed by atoms with E-state index < -0.39 is 0 Å². The molecule has 3 nitrogen and oxygen atoms in total. The minimum Gasteiger partial charge on any atom is -0.495 e. The summed E-state index contributed by atoms with van der Waals surface area (Å²) in [6, 6.07) is 5.68. The van der Waals surface area contributed by atoms with Crippen molar-refractivity contribution in [3.8, 4) is 5.75 Å². The third kappa shape index (κ3) is 3.72. The summed E-state index contributed by atoms with van der Waals surface area (Å²) in [4.78, 5) is 13.3. The van der Waals surface area contributed by atoms with Crippen LogP contribution in [0.15, 0.2) is 18.2 Å². The van der Waals surface area contributed by atoms with Gasteiger partial charge in [-0.2, -0.15) is 0 Å². The Morgan fingerprint density at radius 3 is 2.53 bits per heavy atom. The van der Waals surface area contributed by atoms with E-state index in [2.05, 4.69) is 0 Å². The normalized spacial score (nSPS) is 12.6. The number of rotatable bonds is 5. The van der Waals surface area contributed by atoms with E-state index in [1.54, 1.807) is 14.0 Å². The highest BCUT2D eigenvalue weighted by Crippen LogP contribution is 2.30. The first kappa shape index (κ1) is 14.0. The number of halogens is 1. The molecule has 1 rings (SSSR count). The Labute approximate surface area is 107 Å². The van der Waals surface area contributed by atoms with Gasteiger partial charge < -0.3 is 9.64 Å². The Hall–Kier alpha value is -1.06. The second kappa shape index (κ2) is 6.03. The predicted molar refractivity (Wildman–Crippen MR) is 69.7 cm³/mol. The lowest BCUT2D eigenvalue weighted by molar-refractivity contribution is -0.118. The van der Waals surface area contributed by atoms with Crippen LogP contribution >= 0.6 is 11.6 Å². The predicted octanol–water partition coefficient (Wildman–Crippen LogP) is 2.93. The van der Waals surface area contributed by atoms with Gasteiger partial charge in [0.25, 0.3) is 0 Å². The van der Waals surface area contributed by atoms with Crippen LogP contribution in [0.3, 0.4) is 0 Å². The molecule has 0 spiro atoms. The standard InChI is InChI=1S/C13H18ClNO2/c1-9(16)7-12(15(2)3)10-5-6-13(17-4)11(14)8-10/h5-6,8,12H,7H2,1-4H3. The molecule has 0 aliphatic carbocycles. The minimum atomic E-state index is 0.0518. The summed E-state index contributed by atoms with van der Waals surface area (Å²) in [6.45, 7) is 1.60. The summed E-state index contributed by atoms with van der Waals surface area (Å²) in [6.07, 6.45) is 0.482. The minimum absolute atomic E-state index is 0.0518. The summed E-state index contributed by atoms with van der Waals surface area (Å²) in [7, 11) is 5.48. The van der Waals surface area contributed by atoms with E-state index >= 15 is 0 Å². The van der Waals surface area contributed by atoms with Crippen LogP contribution in [-0.4, -0.2) is 31.9 Å². The topological polar surface area (TPSA) is 29.5 Å². The van der Waals surface area contributed by atoms with Gasteiger partial charge in [0.2, 0.25) is 0 Å². The van der Waals surface area contributed by atoms with Gasteiger partial charge in [0, 0.05) is 12.5 Å². The van der Waals surface area contributed by atoms with Gasteiger partial charge in [0.1, 0.15) is 11.5 Å². The molecule has 4 heteroatoms. The summed E-state index contributed by atoms with van der Waals surface area (Å²) in [5, 5.41) is 0.570. The summed E-state index contributed by atoms with van der Waals surface area (Å²) < 4.78 is 5.11. The van der Waals surface area contributed by atoms with Crippen LogP contribution in [0.25, 0.3) is 0 Å². The quantitative estimate of drug-likeness (QED) is 0.810. The highest BCUT2D eigenvalue weighted by atomic mass is 35.5. The van der Waals surface area contributed by atoms with Crippen LogP contribution in [-0.2, 0) is 4.79 Å². The van der Waals surface area contributed by atoms with Gasteiger partial charge in [-0.3, -0.25) is 4.79 Å². The maximum Gasteiger partial charge on any atom is 0.137 e. The van der Waals surface area contributed by atoms with Gasteiger partial charge in [-0.05, 0) is 38.7 Å². The smallest absolute Gasteiger partial charge is 0.137 e. The number of methoxy groups -OCH3 is 1. The molecule has 0 aliphatic rings. The number of ether oxygens (including phenoxy) is 1. The van der Waals surface area contributed by atoms with Crippen molar-refractivity contribution >= 4 is 17.4 Å². The van der Waals surface area contributed by atoms with Crippen LogP contribution in [0.1, 0.15) is 24.9 Å². The third-order valence-corrected chi connectivity index (χ3v) is 2.96. The Kier molecular flexibility index (Phi) is 4.97. The van der Waals surface area contributed by atoms with Crippen molar-refractivity contribution < 1.29 is 9.53 Å². The maximum absolute atomic E-state index is 11.3. The molecule has 0 aliphatic heterocycles. The molecule has 1 atom stereocenters. The number of hydrogen-bond acceptors (Lipinski definition) is 3. The monoisotopic (exact) mass is 255 g/mol. The van der Waals surface area contributed by atoms with Crippen molar-refractivity contribution in [3.05, 3.63) is 28.8 Å². The fraction of sp³-hybridized carbons (Fsp3) is 0.462. The molecule has 0 fully saturated rings. The zero-order chi connectivity index (χ0) is 13.0. The number of ketones is 1. The lowest BCUT2D eigenvalue weighted by atomic mass is 10.0. The van der Waals surface area contributed by atoms with Crippen molar-refractivity contribution in [2.45, 2.75) is 19.4 Å². The summed E-state index contributed by atoms with van der Waals surface area (Å²) in [5.74, 6) is 0.811. The Morgan fingerprint density at radius 1 is 1.47 bits per heavy atom. The first-order chi connectivity index (χ1) is 7.95. The van der Waals surface area contributed by atoms with Gasteiger partial charge in [-0.25, -0.2) is 0 Å². The number of carbonyl (C=O) groups excluding carboxylic acids is 1. The molecule has 94 valence electrons. The molecule has 0 N–H and O–H groups in total. The van der Waals surface area contributed by atoms with E-state index in [-0.39, 0.29) is 11.8 Å². The lowest BCUT2D eigenvalue weighted by Crippen LogP contribution is -2.22. The second-order valence-corrected chi connectivity index (χ2v) is 4.69. The third-order valence-electron chi connectivity index (χ3n) is 2.66. The van der Waals surface area contributed by atoms with Gasteiger partial charge in [0.05, 0.1) is 12.1 Å². The number of Topliss-reactive ketones (excluding diaryl/α,β-unsaturated/α-hetero) is 1. The fourth-order valence-electron chi connectivity index (χ4n) is 1.76. The van der Waals surface area contributed by atoms with Crippen LogP contribution in [0.4, 0.5) is 0 Å². The Balaban J connectivity index is 3.02. The zero-order valence-electron chi connectivity index (χ0n) is 10.7. The molecule has 1 unspecified atom stereocenters. The molecule has 1 aromatic rings. The van der Waals surface area contributed by atoms with Crippen LogP contribution in [0, 0.1) is 0 Å². The zero-order valence-corrected chi connectivity index (χ0v) is 11.4. The number of benzene rings is 1. The van der Waals surface area contributed by atoms with Gasteiger partial charge in [-0.15, -0.1) is 0 Å². The highest BCUT2D eigenvalue weighted by molar-refractivity contribution is 6.32. The van der Waals surface area contributed by atoms with Crippen LogP contribution in [0.5, 0.6) is 5.75 Å². The Bertz CT molecular complexity index is 404. The highest BCUT2D eigenvalue weighted by Gasteiger charge is 2.17. The van der Waals surface area contributed by atoms with Crippen molar-refractivity contribution in [2.75, 3.05) is 21.2 Å². The molecular weight excluding hydrogens is 238 g/mol. The Morgan fingerprint density at radius 2 is 2.12 bits per heavy atom. The van der Waals surface area contributed by atoms with Crippen molar-refractivity contribution in [2.24, 2.45) is 0 Å². The fourth-order valence-corrected chi connectivity index (χ4v) is 2.03. The molecule has 0 radical (unpaired) electrons. The van der Waals surface area contributed by atoms with E-state index in [1.165, 1.54) is 0 Å². The largest absolute Gasteiger partial charge is 0.495 e. The number of carbonyl (C=O) groups is 1. The van der Waals surface area contributed by atoms with E-state index in [0.717, 1.165) is 5.56 Å². The first-order valence-electron chi connectivity index (χ1n) is 5.45. The molecule has 0 bridgehead atoms. The molecular formula is C13H18ClNO2. The summed E-state index contributed by atoms with van der Waals surface area (Å²) >= 11 is 6.09. The van der Waals surface area contributed by atoms with E-state index in [1.807, 2.05) is 37.2 Å². The van der Waals surface area contributed by atoms with E-state index in [9.17, 15) is 4.79 Å². The second-order valence-electron chi connectivity index (χ2n) is 4.28. The van der Waals surface area contributed by atoms with Crippen molar-refractivity contribution in [1.29, 1.82) is 0 Å². The average molecular weight is 256 g/mol. The van der Waals surface area contributed by atoms with Crippen molar-refractivity contribution in [3.63, 3.8) is 0 Å². The maximum atomic E-state index is 11.3. The molecule has 0 aromatic heterocycles.